The summed E-state index contributed by atoms with van der Waals surface area (Å²) in [5, 5.41) is 0. The van der Waals surface area contributed by atoms with E-state index >= 15 is 0 Å². The standard InChI is InChI=1S/C5H2F5N3/c6-4(7,5(8,9)10)3-12-1-11-2-13-3/h1-2H. The summed E-state index contributed by atoms with van der Waals surface area (Å²) in [6.45, 7) is 0. The topological polar surface area (TPSA) is 38.7 Å². The summed E-state index contributed by atoms with van der Waals surface area (Å²) in [4.78, 5) is 8.57. The number of rotatable bonds is 1. The van der Waals surface area contributed by atoms with Gasteiger partial charge in [0, 0.05) is 0 Å². The van der Waals surface area contributed by atoms with E-state index in [0.717, 1.165) is 0 Å². The minimum absolute atomic E-state index is 0.571. The minimum Gasteiger partial charge on any atom is -0.225 e. The highest BCUT2D eigenvalue weighted by Gasteiger charge is 2.61. The molecule has 1 aromatic rings. The Morgan fingerprint density at radius 3 is 1.77 bits per heavy atom. The van der Waals surface area contributed by atoms with Crippen molar-refractivity contribution in [1.82, 2.24) is 15.0 Å². The number of alkyl halides is 5. The molecule has 0 radical (unpaired) electrons. The molecule has 0 fully saturated rings. The van der Waals surface area contributed by atoms with Crippen LogP contribution in [-0.2, 0) is 5.92 Å². The van der Waals surface area contributed by atoms with Crippen LogP contribution in [-0.4, -0.2) is 21.1 Å². The van der Waals surface area contributed by atoms with Gasteiger partial charge in [-0.25, -0.2) is 15.0 Å². The molecule has 13 heavy (non-hydrogen) atoms. The first-order valence-corrected chi connectivity index (χ1v) is 2.92. The van der Waals surface area contributed by atoms with Crippen molar-refractivity contribution in [1.29, 1.82) is 0 Å². The SMILES string of the molecule is FC(F)(F)C(F)(F)c1ncncn1. The Morgan fingerprint density at radius 2 is 1.38 bits per heavy atom. The molecule has 1 heterocycles. The van der Waals surface area contributed by atoms with Crippen LogP contribution in [0.25, 0.3) is 0 Å². The van der Waals surface area contributed by atoms with Gasteiger partial charge >= 0.3 is 12.1 Å². The molecule has 0 aliphatic carbocycles. The van der Waals surface area contributed by atoms with Gasteiger partial charge in [-0.1, -0.05) is 0 Å². The highest BCUT2D eigenvalue weighted by molar-refractivity contribution is 4.97. The lowest BCUT2D eigenvalue weighted by Crippen LogP contribution is -2.35. The van der Waals surface area contributed by atoms with Crippen molar-refractivity contribution in [2.24, 2.45) is 0 Å². The molecule has 8 heteroatoms. The van der Waals surface area contributed by atoms with Gasteiger partial charge in [-0.15, -0.1) is 0 Å². The Bertz CT molecular complexity index is 282. The molecule has 0 atom stereocenters. The Labute approximate surface area is 68.6 Å². The number of aromatic nitrogens is 3. The molecule has 1 aromatic heterocycles. The molecule has 0 aliphatic heterocycles. The average Bonchev–Trinajstić information content (AvgIpc) is 2.04. The van der Waals surface area contributed by atoms with Crippen LogP contribution in [0, 0.1) is 0 Å². The third-order valence-corrected chi connectivity index (χ3v) is 1.13. The van der Waals surface area contributed by atoms with Crippen LogP contribution in [0.5, 0.6) is 0 Å². The van der Waals surface area contributed by atoms with Crippen LogP contribution in [0.1, 0.15) is 5.82 Å². The van der Waals surface area contributed by atoms with Crippen molar-refractivity contribution in [3.8, 4) is 0 Å². The van der Waals surface area contributed by atoms with Gasteiger partial charge in [0.2, 0.25) is 5.82 Å². The molecule has 0 unspecified atom stereocenters. The third-order valence-electron chi connectivity index (χ3n) is 1.13. The maximum Gasteiger partial charge on any atom is 0.461 e. The predicted octanol–water partition coefficient (Wildman–Crippen LogP) is 1.53. The molecule has 0 aliphatic rings. The largest absolute Gasteiger partial charge is 0.461 e. The zero-order valence-electron chi connectivity index (χ0n) is 5.89. The van der Waals surface area contributed by atoms with Crippen molar-refractivity contribution >= 4 is 0 Å². The Morgan fingerprint density at radius 1 is 0.923 bits per heavy atom. The van der Waals surface area contributed by atoms with E-state index in [1.54, 1.807) is 0 Å². The zero-order chi connectivity index (χ0) is 10.1. The first kappa shape index (κ1) is 9.75. The molecular weight excluding hydrogens is 197 g/mol. The van der Waals surface area contributed by atoms with Crippen LogP contribution in [0.15, 0.2) is 12.7 Å². The van der Waals surface area contributed by atoms with Crippen LogP contribution < -0.4 is 0 Å². The summed E-state index contributed by atoms with van der Waals surface area (Å²) in [6, 6.07) is 0. The van der Waals surface area contributed by atoms with Gasteiger partial charge in [-0.05, 0) is 0 Å². The number of nitrogens with zero attached hydrogens (tertiary/aromatic N) is 3. The highest BCUT2D eigenvalue weighted by Crippen LogP contribution is 2.41. The second kappa shape index (κ2) is 2.86. The lowest BCUT2D eigenvalue weighted by molar-refractivity contribution is -0.292. The first-order chi connectivity index (χ1) is 5.86. The van der Waals surface area contributed by atoms with Crippen LogP contribution in [0.4, 0.5) is 22.0 Å². The molecule has 72 valence electrons. The van der Waals surface area contributed by atoms with Gasteiger partial charge in [0.1, 0.15) is 12.7 Å². The van der Waals surface area contributed by atoms with Crippen molar-refractivity contribution in [2.75, 3.05) is 0 Å². The van der Waals surface area contributed by atoms with Crippen LogP contribution in [0.2, 0.25) is 0 Å². The minimum atomic E-state index is -5.69. The molecule has 0 saturated carbocycles. The van der Waals surface area contributed by atoms with E-state index in [1.807, 2.05) is 0 Å². The van der Waals surface area contributed by atoms with Crippen molar-refractivity contribution in [3.05, 3.63) is 18.5 Å². The van der Waals surface area contributed by atoms with E-state index in [-0.39, 0.29) is 0 Å². The summed E-state index contributed by atoms with van der Waals surface area (Å²) < 4.78 is 59.8. The average molecular weight is 199 g/mol. The monoisotopic (exact) mass is 199 g/mol. The first-order valence-electron chi connectivity index (χ1n) is 2.92. The smallest absolute Gasteiger partial charge is 0.225 e. The summed E-state index contributed by atoms with van der Waals surface area (Å²) in [6.07, 6.45) is -4.54. The van der Waals surface area contributed by atoms with Crippen LogP contribution in [0.3, 0.4) is 0 Å². The van der Waals surface area contributed by atoms with E-state index < -0.39 is 17.9 Å². The van der Waals surface area contributed by atoms with Crippen LogP contribution >= 0.6 is 0 Å². The highest BCUT2D eigenvalue weighted by atomic mass is 19.4. The normalized spacial score (nSPS) is 13.0. The van der Waals surface area contributed by atoms with E-state index in [9.17, 15) is 22.0 Å². The lowest BCUT2D eigenvalue weighted by Gasteiger charge is -2.16. The molecular formula is C5H2F5N3. The molecule has 1 rings (SSSR count). The molecule has 0 spiro atoms. The summed E-state index contributed by atoms with van der Waals surface area (Å²) in [5.41, 5.74) is 0. The number of halogens is 5. The van der Waals surface area contributed by atoms with E-state index in [4.69, 9.17) is 0 Å². The van der Waals surface area contributed by atoms with Gasteiger partial charge in [-0.3, -0.25) is 0 Å². The van der Waals surface area contributed by atoms with Crippen molar-refractivity contribution in [3.63, 3.8) is 0 Å². The fourth-order valence-electron chi connectivity index (χ4n) is 0.528. The van der Waals surface area contributed by atoms with Gasteiger partial charge in [0.05, 0.1) is 0 Å². The summed E-state index contributed by atoms with van der Waals surface area (Å²) in [7, 11) is 0. The Balaban J connectivity index is 3.08. The summed E-state index contributed by atoms with van der Waals surface area (Å²) >= 11 is 0. The van der Waals surface area contributed by atoms with Gasteiger partial charge < -0.3 is 0 Å². The quantitative estimate of drug-likeness (QED) is 0.643. The van der Waals surface area contributed by atoms with Crippen molar-refractivity contribution in [2.45, 2.75) is 12.1 Å². The molecule has 0 bridgehead atoms. The number of hydrogen-bond acceptors (Lipinski definition) is 3. The molecule has 3 nitrogen and oxygen atoms in total. The molecule has 0 amide bonds. The molecule has 0 aromatic carbocycles. The van der Waals surface area contributed by atoms with Gasteiger partial charge in [0.15, 0.2) is 0 Å². The summed E-state index contributed by atoms with van der Waals surface area (Å²) in [5.74, 6) is -6.63. The van der Waals surface area contributed by atoms with Gasteiger partial charge in [-0.2, -0.15) is 22.0 Å². The Kier molecular flexibility index (Phi) is 2.14. The van der Waals surface area contributed by atoms with Gasteiger partial charge in [0.25, 0.3) is 0 Å². The second-order valence-corrected chi connectivity index (χ2v) is 2.03. The maximum absolute atomic E-state index is 12.4. The van der Waals surface area contributed by atoms with Crippen molar-refractivity contribution < 1.29 is 22.0 Å². The van der Waals surface area contributed by atoms with E-state index in [0.29, 0.717) is 12.7 Å². The fraction of sp³-hybridized carbons (Fsp3) is 0.400. The van der Waals surface area contributed by atoms with E-state index in [1.165, 1.54) is 0 Å². The Hall–Kier alpha value is -1.34. The maximum atomic E-state index is 12.4. The molecule has 0 saturated heterocycles. The predicted molar refractivity (Wildman–Crippen MR) is 29.8 cm³/mol. The third kappa shape index (κ3) is 1.70. The second-order valence-electron chi connectivity index (χ2n) is 2.03. The molecule has 0 N–H and O–H groups in total. The fourth-order valence-corrected chi connectivity index (χ4v) is 0.528. The number of hydrogen-bond donors (Lipinski definition) is 0. The van der Waals surface area contributed by atoms with E-state index in [2.05, 4.69) is 15.0 Å². The lowest BCUT2D eigenvalue weighted by atomic mass is 10.3. The zero-order valence-corrected chi connectivity index (χ0v) is 5.89.